The molecule has 1 aromatic carbocycles. The Morgan fingerprint density at radius 2 is 2.33 bits per heavy atom. The first-order valence-corrected chi connectivity index (χ1v) is 3.49. The number of benzene rings is 1. The van der Waals surface area contributed by atoms with Gasteiger partial charge in [-0.05, 0) is 18.2 Å². The van der Waals surface area contributed by atoms with E-state index < -0.39 is 0 Å². The van der Waals surface area contributed by atoms with Crippen molar-refractivity contribution in [3.63, 3.8) is 0 Å². The van der Waals surface area contributed by atoms with Gasteiger partial charge < -0.3 is 5.84 Å². The first kappa shape index (κ1) is 6.84. The van der Waals surface area contributed by atoms with E-state index in [1.807, 2.05) is 0 Å². The lowest BCUT2D eigenvalue weighted by Gasteiger charge is -1.93. The molecule has 0 bridgehead atoms. The number of aromatic nitrogens is 2. The molecule has 0 spiro atoms. The normalized spacial score (nSPS) is 10.3. The molecule has 2 aromatic rings. The molecule has 4 nitrogen and oxygen atoms in total. The van der Waals surface area contributed by atoms with Crippen molar-refractivity contribution in [2.75, 3.05) is 5.84 Å². The number of carbonyl (C=O) groups is 1. The van der Waals surface area contributed by atoms with Gasteiger partial charge in [0.05, 0.1) is 11.7 Å². The molecule has 0 fully saturated rings. The van der Waals surface area contributed by atoms with E-state index in [4.69, 9.17) is 5.84 Å². The van der Waals surface area contributed by atoms with Crippen LogP contribution in [0, 0.1) is 0 Å². The summed E-state index contributed by atoms with van der Waals surface area (Å²) in [6.45, 7) is 0. The lowest BCUT2D eigenvalue weighted by molar-refractivity contribution is 0.112. The molecule has 0 unspecified atom stereocenters. The molecule has 1 aromatic heterocycles. The fraction of sp³-hybridized carbons (Fsp3) is 0. The summed E-state index contributed by atoms with van der Waals surface area (Å²) in [6, 6.07) is 5.23. The van der Waals surface area contributed by atoms with Crippen molar-refractivity contribution in [3.05, 3.63) is 30.0 Å². The molecular weight excluding hydrogens is 154 g/mol. The molecule has 0 atom stereocenters. The highest BCUT2D eigenvalue weighted by atomic mass is 16.1. The number of carbonyl (C=O) groups excluding carboxylic acids is 1. The van der Waals surface area contributed by atoms with E-state index in [0.29, 0.717) is 5.56 Å². The van der Waals surface area contributed by atoms with E-state index in [1.165, 1.54) is 4.79 Å². The van der Waals surface area contributed by atoms with Crippen LogP contribution in [0.5, 0.6) is 0 Å². The molecule has 0 aliphatic rings. The van der Waals surface area contributed by atoms with E-state index in [9.17, 15) is 4.79 Å². The molecule has 0 aliphatic carbocycles. The summed E-state index contributed by atoms with van der Waals surface area (Å²) < 4.78 is 0. The number of rotatable bonds is 1. The zero-order chi connectivity index (χ0) is 8.55. The number of fused-ring (bicyclic) bond motifs is 1. The largest absolute Gasteiger partial charge is 0.323 e. The second-order valence-corrected chi connectivity index (χ2v) is 2.53. The van der Waals surface area contributed by atoms with Crippen molar-refractivity contribution >= 4 is 17.2 Å². The van der Waals surface area contributed by atoms with Crippen LogP contribution in [0.3, 0.4) is 0 Å². The molecule has 0 saturated heterocycles. The lowest BCUT2D eigenvalue weighted by atomic mass is 10.2. The average molecular weight is 161 g/mol. The Balaban J connectivity index is 2.77. The Hall–Kier alpha value is -1.84. The van der Waals surface area contributed by atoms with E-state index in [2.05, 4.69) is 5.10 Å². The van der Waals surface area contributed by atoms with Crippen molar-refractivity contribution in [1.29, 1.82) is 0 Å². The maximum atomic E-state index is 10.4. The predicted octanol–water partition coefficient (Wildman–Crippen LogP) is 0.563. The van der Waals surface area contributed by atoms with Gasteiger partial charge in [0.2, 0.25) is 0 Å². The summed E-state index contributed by atoms with van der Waals surface area (Å²) in [5.74, 6) is 5.48. The maximum absolute atomic E-state index is 10.4. The van der Waals surface area contributed by atoms with Crippen LogP contribution >= 0.6 is 0 Å². The summed E-state index contributed by atoms with van der Waals surface area (Å²) in [6.07, 6.45) is 2.43. The molecule has 60 valence electrons. The first-order valence-electron chi connectivity index (χ1n) is 3.49. The molecule has 12 heavy (non-hydrogen) atoms. The molecule has 0 radical (unpaired) electrons. The Labute approximate surface area is 68.6 Å². The van der Waals surface area contributed by atoms with Crippen LogP contribution in [-0.4, -0.2) is 16.2 Å². The fourth-order valence-corrected chi connectivity index (χ4v) is 1.14. The second-order valence-electron chi connectivity index (χ2n) is 2.53. The lowest BCUT2D eigenvalue weighted by Crippen LogP contribution is -2.08. The van der Waals surface area contributed by atoms with Gasteiger partial charge >= 0.3 is 0 Å². The number of hydrogen-bond acceptors (Lipinski definition) is 3. The third kappa shape index (κ3) is 0.852. The number of nitrogen functional groups attached to an aromatic ring is 1. The van der Waals surface area contributed by atoms with Crippen molar-refractivity contribution in [1.82, 2.24) is 9.89 Å². The van der Waals surface area contributed by atoms with Gasteiger partial charge in [0, 0.05) is 10.9 Å². The van der Waals surface area contributed by atoms with Crippen LogP contribution in [0.15, 0.2) is 24.4 Å². The molecule has 0 aliphatic heterocycles. The number of nitrogens with zero attached hydrogens (tertiary/aromatic N) is 2. The Morgan fingerprint density at radius 3 is 3.08 bits per heavy atom. The van der Waals surface area contributed by atoms with E-state index >= 15 is 0 Å². The minimum Gasteiger partial charge on any atom is -0.323 e. The smallest absolute Gasteiger partial charge is 0.150 e. The molecule has 0 saturated carbocycles. The number of aldehydes is 1. The average Bonchev–Trinajstić information content (AvgIpc) is 2.47. The van der Waals surface area contributed by atoms with Gasteiger partial charge in [-0.25, -0.2) is 0 Å². The molecule has 2 rings (SSSR count). The van der Waals surface area contributed by atoms with Gasteiger partial charge in [-0.15, -0.1) is 0 Å². The Morgan fingerprint density at radius 1 is 1.50 bits per heavy atom. The van der Waals surface area contributed by atoms with E-state index in [-0.39, 0.29) is 0 Å². The predicted molar refractivity (Wildman–Crippen MR) is 45.3 cm³/mol. The maximum Gasteiger partial charge on any atom is 0.150 e. The highest BCUT2D eigenvalue weighted by Crippen LogP contribution is 2.12. The minimum atomic E-state index is 0.635. The molecule has 0 amide bonds. The summed E-state index contributed by atoms with van der Waals surface area (Å²) in [5.41, 5.74) is 1.45. The van der Waals surface area contributed by atoms with Crippen LogP contribution in [0.25, 0.3) is 10.9 Å². The topological polar surface area (TPSA) is 60.9 Å². The SMILES string of the molecule is Nn1ncc2cc(C=O)ccc21. The first-order chi connectivity index (χ1) is 5.81. The quantitative estimate of drug-likeness (QED) is 0.491. The van der Waals surface area contributed by atoms with Crippen molar-refractivity contribution in [2.24, 2.45) is 0 Å². The number of hydrogen-bond donors (Lipinski definition) is 1. The summed E-state index contributed by atoms with van der Waals surface area (Å²) in [5, 5.41) is 4.73. The van der Waals surface area contributed by atoms with Crippen LogP contribution in [0.2, 0.25) is 0 Å². The van der Waals surface area contributed by atoms with Gasteiger partial charge in [0.1, 0.15) is 6.29 Å². The Bertz CT molecular complexity index is 433. The summed E-state index contributed by atoms with van der Waals surface area (Å²) in [7, 11) is 0. The van der Waals surface area contributed by atoms with Gasteiger partial charge in [-0.2, -0.15) is 9.89 Å². The highest BCUT2D eigenvalue weighted by Gasteiger charge is 1.99. The van der Waals surface area contributed by atoms with Crippen LogP contribution in [-0.2, 0) is 0 Å². The highest BCUT2D eigenvalue weighted by molar-refractivity contribution is 5.86. The van der Waals surface area contributed by atoms with Gasteiger partial charge in [0.25, 0.3) is 0 Å². The van der Waals surface area contributed by atoms with Crippen LogP contribution in [0.1, 0.15) is 10.4 Å². The molecule has 1 heterocycles. The van der Waals surface area contributed by atoms with Crippen LogP contribution < -0.4 is 5.84 Å². The second kappa shape index (κ2) is 2.34. The van der Waals surface area contributed by atoms with Gasteiger partial charge in [-0.3, -0.25) is 4.79 Å². The third-order valence-electron chi connectivity index (χ3n) is 1.76. The molecule has 4 heteroatoms. The van der Waals surface area contributed by atoms with Crippen molar-refractivity contribution in [2.45, 2.75) is 0 Å². The standard InChI is InChI=1S/C8H7N3O/c9-11-8-2-1-6(5-12)3-7(8)4-10-11/h1-5H,9H2. The minimum absolute atomic E-state index is 0.635. The fourth-order valence-electron chi connectivity index (χ4n) is 1.14. The zero-order valence-electron chi connectivity index (χ0n) is 6.27. The van der Waals surface area contributed by atoms with Crippen molar-refractivity contribution in [3.8, 4) is 0 Å². The third-order valence-corrected chi connectivity index (χ3v) is 1.76. The van der Waals surface area contributed by atoms with Crippen LogP contribution in [0.4, 0.5) is 0 Å². The summed E-state index contributed by atoms with van der Waals surface area (Å²) in [4.78, 5) is 11.7. The Kier molecular flexibility index (Phi) is 1.33. The molecular formula is C8H7N3O. The van der Waals surface area contributed by atoms with Gasteiger partial charge in [0.15, 0.2) is 0 Å². The van der Waals surface area contributed by atoms with E-state index in [1.54, 1.807) is 24.4 Å². The van der Waals surface area contributed by atoms with E-state index in [0.717, 1.165) is 17.2 Å². The monoisotopic (exact) mass is 161 g/mol. The number of nitrogens with two attached hydrogens (primary N) is 1. The molecule has 2 N–H and O–H groups in total. The summed E-state index contributed by atoms with van der Waals surface area (Å²) >= 11 is 0. The van der Waals surface area contributed by atoms with Gasteiger partial charge in [-0.1, -0.05) is 0 Å². The van der Waals surface area contributed by atoms with Crippen molar-refractivity contribution < 1.29 is 4.79 Å². The zero-order valence-corrected chi connectivity index (χ0v) is 6.27.